The van der Waals surface area contributed by atoms with E-state index in [-0.39, 0.29) is 36.0 Å². The third kappa shape index (κ3) is 16.9. The molecule has 0 aromatic carbocycles. The minimum Gasteiger partial charge on any atom is -0.550 e. The van der Waals surface area contributed by atoms with Crippen molar-refractivity contribution in [2.45, 2.75) is 44.8 Å². The van der Waals surface area contributed by atoms with Crippen LogP contribution in [-0.2, 0) is 4.79 Å². The molecule has 0 fully saturated rings. The Balaban J connectivity index is 0. The van der Waals surface area contributed by atoms with Crippen LogP contribution in [0.3, 0.4) is 0 Å². The molecule has 5 heteroatoms. The third-order valence-electron chi connectivity index (χ3n) is 2.22. The summed E-state index contributed by atoms with van der Waals surface area (Å²) in [4.78, 5) is 10.2. The number of allylic oxidation sites excluding steroid dienone is 3. The maximum Gasteiger partial charge on any atom is 1.00 e. The Hall–Kier alpha value is -1.01. The van der Waals surface area contributed by atoms with Gasteiger partial charge in [-0.3, -0.25) is 0 Å². The van der Waals surface area contributed by atoms with Gasteiger partial charge in [0.1, 0.15) is 6.10 Å². The van der Waals surface area contributed by atoms with Crippen molar-refractivity contribution in [2.24, 2.45) is 0 Å². The number of aliphatic hydroxyl groups excluding tert-OH is 2. The van der Waals surface area contributed by atoms with Crippen molar-refractivity contribution in [1.29, 1.82) is 0 Å². The molecule has 2 N–H and O–H groups in total. The van der Waals surface area contributed by atoms with Gasteiger partial charge in [-0.15, -0.1) is 11.8 Å². The topological polar surface area (TPSA) is 80.6 Å². The van der Waals surface area contributed by atoms with Gasteiger partial charge in [0.25, 0.3) is 0 Å². The number of hydrogen-bond donors (Lipinski definition) is 2. The van der Waals surface area contributed by atoms with Crippen LogP contribution in [0.4, 0.5) is 0 Å². The van der Waals surface area contributed by atoms with Crippen LogP contribution in [0.2, 0.25) is 0 Å². The van der Waals surface area contributed by atoms with Gasteiger partial charge in [0.15, 0.2) is 0 Å². The molecule has 0 radical (unpaired) electrons. The fraction of sp³-hybridized carbons (Fsp3) is 0.438. The monoisotopic (exact) mass is 298 g/mol. The molecule has 0 rings (SSSR count). The second-order valence-corrected chi connectivity index (χ2v) is 4.01. The molecule has 0 aliphatic heterocycles. The summed E-state index contributed by atoms with van der Waals surface area (Å²) in [6.45, 7) is 1.71. The van der Waals surface area contributed by atoms with E-state index in [4.69, 9.17) is 0 Å². The minimum absolute atomic E-state index is 0. The minimum atomic E-state index is -1.12. The zero-order valence-electron chi connectivity index (χ0n) is 12.5. The van der Waals surface area contributed by atoms with Crippen LogP contribution in [0.25, 0.3) is 0 Å². The van der Waals surface area contributed by atoms with E-state index in [1.807, 2.05) is 0 Å². The standard InChI is InChI=1S/C16H20O4.Na/c1-2-3-9-14(17)10-6-4-5-7-11-15(18)12-8-13-16(19)20;/h4-6,10,14-15,17-18H,8-9,12-13H2,1H3,(H,19,20);/q;+1/p-1/b5-4+,10-6+;/t14-,15-;/m1./s1. The number of carbonyl (C=O) groups excluding carboxylic acids is 1. The number of aliphatic carboxylic acids is 1. The largest absolute Gasteiger partial charge is 1.00 e. The van der Waals surface area contributed by atoms with E-state index in [1.165, 1.54) is 6.08 Å². The second kappa shape index (κ2) is 15.4. The number of carboxylic acid groups (broad SMARTS) is 1. The molecule has 0 saturated heterocycles. The van der Waals surface area contributed by atoms with Crippen molar-refractivity contribution in [3.05, 3.63) is 24.3 Å². The summed E-state index contributed by atoms with van der Waals surface area (Å²) >= 11 is 0. The molecule has 0 unspecified atom stereocenters. The first-order chi connectivity index (χ1) is 9.56. The van der Waals surface area contributed by atoms with E-state index < -0.39 is 18.2 Å². The zero-order valence-corrected chi connectivity index (χ0v) is 14.5. The van der Waals surface area contributed by atoms with Crippen LogP contribution in [0.1, 0.15) is 32.6 Å². The molecule has 0 saturated carbocycles. The second-order valence-electron chi connectivity index (χ2n) is 4.01. The number of aliphatic hydroxyl groups is 2. The number of carbonyl (C=O) groups is 1. The van der Waals surface area contributed by atoms with Gasteiger partial charge in [-0.05, 0) is 32.3 Å². The molecule has 0 aromatic rings. The number of rotatable bonds is 7. The van der Waals surface area contributed by atoms with E-state index in [0.717, 1.165) is 0 Å². The molecule has 0 aromatic heterocycles. The van der Waals surface area contributed by atoms with Crippen LogP contribution in [0, 0.1) is 23.7 Å². The molecule has 0 aliphatic rings. The Morgan fingerprint density at radius 2 is 2.05 bits per heavy atom. The predicted octanol–water partition coefficient (Wildman–Crippen LogP) is -2.84. The first-order valence-corrected chi connectivity index (χ1v) is 6.36. The molecule has 0 spiro atoms. The summed E-state index contributed by atoms with van der Waals surface area (Å²) in [6, 6.07) is 0. The molecular weight excluding hydrogens is 279 g/mol. The summed E-state index contributed by atoms with van der Waals surface area (Å²) in [6.07, 6.45) is 5.95. The van der Waals surface area contributed by atoms with Crippen molar-refractivity contribution in [3.8, 4) is 23.7 Å². The van der Waals surface area contributed by atoms with Gasteiger partial charge in [-0.2, -0.15) is 0 Å². The van der Waals surface area contributed by atoms with Crippen molar-refractivity contribution < 1.29 is 49.7 Å². The predicted molar refractivity (Wildman–Crippen MR) is 75.0 cm³/mol. The Morgan fingerprint density at radius 3 is 2.67 bits per heavy atom. The van der Waals surface area contributed by atoms with Gasteiger partial charge >= 0.3 is 29.6 Å². The summed E-state index contributed by atoms with van der Waals surface area (Å²) in [5.74, 6) is 9.53. The average Bonchev–Trinajstić information content (AvgIpc) is 2.39. The summed E-state index contributed by atoms with van der Waals surface area (Å²) in [5, 5.41) is 29.0. The molecule has 0 heterocycles. The maximum absolute atomic E-state index is 10.2. The van der Waals surface area contributed by atoms with Crippen molar-refractivity contribution in [3.63, 3.8) is 0 Å². The van der Waals surface area contributed by atoms with E-state index in [9.17, 15) is 20.1 Å². The van der Waals surface area contributed by atoms with Crippen LogP contribution in [0.15, 0.2) is 24.3 Å². The smallest absolute Gasteiger partial charge is 0.550 e. The summed E-state index contributed by atoms with van der Waals surface area (Å²) < 4.78 is 0. The SMILES string of the molecule is CC#CC[C@@H](O)/C=C/C=C/C#C[C@@H](O)CCCC(=O)[O-].[Na+]. The molecule has 21 heavy (non-hydrogen) atoms. The van der Waals surface area contributed by atoms with Gasteiger partial charge in [-0.25, -0.2) is 0 Å². The van der Waals surface area contributed by atoms with Crippen LogP contribution >= 0.6 is 0 Å². The molecule has 4 nitrogen and oxygen atoms in total. The van der Waals surface area contributed by atoms with E-state index in [2.05, 4.69) is 23.7 Å². The quantitative estimate of drug-likeness (QED) is 0.301. The Labute approximate surface area is 148 Å². The van der Waals surface area contributed by atoms with Gasteiger partial charge in [0.05, 0.1) is 6.10 Å². The summed E-state index contributed by atoms with van der Waals surface area (Å²) in [5.41, 5.74) is 0. The van der Waals surface area contributed by atoms with Crippen molar-refractivity contribution >= 4 is 5.97 Å². The van der Waals surface area contributed by atoms with Gasteiger partial charge in [-0.1, -0.05) is 30.1 Å². The number of carboxylic acids is 1. The Bertz CT molecular complexity index is 460. The average molecular weight is 298 g/mol. The van der Waals surface area contributed by atoms with Crippen LogP contribution in [-0.4, -0.2) is 28.4 Å². The maximum atomic E-state index is 10.2. The van der Waals surface area contributed by atoms with Gasteiger partial charge < -0.3 is 20.1 Å². The van der Waals surface area contributed by atoms with E-state index in [0.29, 0.717) is 19.3 Å². The fourth-order valence-electron chi connectivity index (χ4n) is 1.23. The van der Waals surface area contributed by atoms with Crippen LogP contribution < -0.4 is 34.7 Å². The molecule has 0 amide bonds. The van der Waals surface area contributed by atoms with E-state index in [1.54, 1.807) is 25.2 Å². The molecular formula is C16H19NaO4. The first-order valence-electron chi connectivity index (χ1n) is 6.36. The summed E-state index contributed by atoms with van der Waals surface area (Å²) in [7, 11) is 0. The molecule has 0 aliphatic carbocycles. The molecule has 0 bridgehead atoms. The van der Waals surface area contributed by atoms with Crippen LogP contribution in [0.5, 0.6) is 0 Å². The zero-order chi connectivity index (χ0) is 15.2. The molecule has 108 valence electrons. The van der Waals surface area contributed by atoms with Crippen molar-refractivity contribution in [1.82, 2.24) is 0 Å². The fourth-order valence-corrected chi connectivity index (χ4v) is 1.23. The van der Waals surface area contributed by atoms with Gasteiger partial charge in [0, 0.05) is 12.4 Å². The van der Waals surface area contributed by atoms with E-state index >= 15 is 0 Å². The first kappa shape index (κ1) is 22.3. The van der Waals surface area contributed by atoms with Gasteiger partial charge in [0.2, 0.25) is 0 Å². The van der Waals surface area contributed by atoms with Crippen molar-refractivity contribution in [2.75, 3.05) is 0 Å². The number of hydrogen-bond acceptors (Lipinski definition) is 4. The third-order valence-corrected chi connectivity index (χ3v) is 2.22. The Morgan fingerprint density at radius 1 is 1.33 bits per heavy atom. The Kier molecular flexibility index (Phi) is 16.3. The normalized spacial score (nSPS) is 12.7. The molecule has 2 atom stereocenters.